The van der Waals surface area contributed by atoms with Crippen LogP contribution in [-0.2, 0) is 0 Å². The van der Waals surface area contributed by atoms with Crippen molar-refractivity contribution in [3.05, 3.63) is 35.4 Å². The van der Waals surface area contributed by atoms with Crippen LogP contribution in [0.3, 0.4) is 0 Å². The fraction of sp³-hybridized carbons (Fsp3) is 0.500. The second kappa shape index (κ2) is 6.10. The largest absolute Gasteiger partial charge is 0.396 e. The minimum atomic E-state index is -0.709. The number of carbonyl (C=O) groups is 1. The van der Waals surface area contributed by atoms with Crippen molar-refractivity contribution in [1.29, 1.82) is 0 Å². The number of amides is 1. The highest BCUT2D eigenvalue weighted by atomic mass is 19.1. The van der Waals surface area contributed by atoms with Gasteiger partial charge in [-0.2, -0.15) is 0 Å². The van der Waals surface area contributed by atoms with Gasteiger partial charge in [0.05, 0.1) is 5.56 Å². The van der Waals surface area contributed by atoms with Crippen molar-refractivity contribution >= 4 is 5.91 Å². The van der Waals surface area contributed by atoms with Gasteiger partial charge in [0.15, 0.2) is 0 Å². The number of hydrogen-bond acceptors (Lipinski definition) is 2. The third-order valence-electron chi connectivity index (χ3n) is 3.51. The Morgan fingerprint density at radius 2 is 2.16 bits per heavy atom. The SMILES string of the molecule is O=C(c1cc(F)ccc1F)N1CCCCC1CCO. The van der Waals surface area contributed by atoms with E-state index in [9.17, 15) is 13.6 Å². The van der Waals surface area contributed by atoms with E-state index in [0.29, 0.717) is 13.0 Å². The molecular formula is C14H17F2NO2. The summed E-state index contributed by atoms with van der Waals surface area (Å²) in [5.41, 5.74) is -0.232. The molecule has 0 bridgehead atoms. The number of benzene rings is 1. The van der Waals surface area contributed by atoms with Crippen LogP contribution in [0.4, 0.5) is 8.78 Å². The summed E-state index contributed by atoms with van der Waals surface area (Å²) in [6.07, 6.45) is 3.11. The average Bonchev–Trinajstić information content (AvgIpc) is 2.42. The number of halogens is 2. The van der Waals surface area contributed by atoms with E-state index in [4.69, 9.17) is 5.11 Å². The van der Waals surface area contributed by atoms with E-state index >= 15 is 0 Å². The molecule has 0 aromatic heterocycles. The molecule has 19 heavy (non-hydrogen) atoms. The molecule has 0 aliphatic carbocycles. The second-order valence-corrected chi connectivity index (χ2v) is 4.78. The molecule has 0 spiro atoms. The van der Waals surface area contributed by atoms with Crippen molar-refractivity contribution in [3.8, 4) is 0 Å². The van der Waals surface area contributed by atoms with E-state index in [2.05, 4.69) is 0 Å². The van der Waals surface area contributed by atoms with Gasteiger partial charge in [-0.3, -0.25) is 4.79 Å². The first-order valence-electron chi connectivity index (χ1n) is 6.50. The van der Waals surface area contributed by atoms with Crippen LogP contribution in [0.5, 0.6) is 0 Å². The zero-order chi connectivity index (χ0) is 13.8. The van der Waals surface area contributed by atoms with Crippen LogP contribution in [0, 0.1) is 11.6 Å². The van der Waals surface area contributed by atoms with Gasteiger partial charge in [0, 0.05) is 19.2 Å². The lowest BCUT2D eigenvalue weighted by atomic mass is 9.98. The van der Waals surface area contributed by atoms with Crippen LogP contribution >= 0.6 is 0 Å². The van der Waals surface area contributed by atoms with Crippen LogP contribution in [0.15, 0.2) is 18.2 Å². The van der Waals surface area contributed by atoms with Crippen molar-refractivity contribution in [2.24, 2.45) is 0 Å². The molecule has 1 aliphatic rings. The van der Waals surface area contributed by atoms with E-state index in [1.807, 2.05) is 0 Å². The van der Waals surface area contributed by atoms with Crippen molar-refractivity contribution in [2.75, 3.05) is 13.2 Å². The molecule has 1 aromatic carbocycles. The Labute approximate surface area is 110 Å². The Balaban J connectivity index is 2.23. The number of hydrogen-bond donors (Lipinski definition) is 1. The molecule has 1 atom stereocenters. The summed E-state index contributed by atoms with van der Waals surface area (Å²) < 4.78 is 26.8. The van der Waals surface area contributed by atoms with E-state index < -0.39 is 17.5 Å². The first kappa shape index (κ1) is 13.9. The molecule has 1 saturated heterocycles. The van der Waals surface area contributed by atoms with Crippen molar-refractivity contribution in [3.63, 3.8) is 0 Å². The number of nitrogens with zero attached hydrogens (tertiary/aromatic N) is 1. The van der Waals surface area contributed by atoms with Gasteiger partial charge in [-0.15, -0.1) is 0 Å². The lowest BCUT2D eigenvalue weighted by Gasteiger charge is -2.35. The van der Waals surface area contributed by atoms with Crippen molar-refractivity contribution < 1.29 is 18.7 Å². The van der Waals surface area contributed by atoms with Crippen molar-refractivity contribution in [2.45, 2.75) is 31.7 Å². The molecule has 3 nitrogen and oxygen atoms in total. The lowest BCUT2D eigenvalue weighted by Crippen LogP contribution is -2.44. The molecule has 1 heterocycles. The number of rotatable bonds is 3. The van der Waals surface area contributed by atoms with E-state index in [-0.39, 0.29) is 18.2 Å². The number of piperidine rings is 1. The van der Waals surface area contributed by atoms with Gasteiger partial charge < -0.3 is 10.0 Å². The summed E-state index contributed by atoms with van der Waals surface area (Å²) in [6.45, 7) is 0.513. The van der Waals surface area contributed by atoms with Crippen LogP contribution in [-0.4, -0.2) is 35.1 Å². The monoisotopic (exact) mass is 269 g/mol. The predicted molar refractivity (Wildman–Crippen MR) is 66.7 cm³/mol. The molecule has 104 valence electrons. The Morgan fingerprint density at radius 1 is 1.37 bits per heavy atom. The van der Waals surface area contributed by atoms with Gasteiger partial charge in [0.25, 0.3) is 5.91 Å². The molecule has 1 fully saturated rings. The third-order valence-corrected chi connectivity index (χ3v) is 3.51. The standard InChI is InChI=1S/C14H17F2NO2/c15-10-4-5-13(16)12(9-10)14(19)17-7-2-1-3-11(17)6-8-18/h4-5,9,11,18H,1-3,6-8H2. The molecule has 5 heteroatoms. The molecule has 1 aromatic rings. The fourth-order valence-electron chi connectivity index (χ4n) is 2.53. The Kier molecular flexibility index (Phi) is 4.47. The summed E-state index contributed by atoms with van der Waals surface area (Å²) >= 11 is 0. The normalized spacial score (nSPS) is 19.5. The minimum absolute atomic E-state index is 0.0138. The zero-order valence-electron chi connectivity index (χ0n) is 10.6. The van der Waals surface area contributed by atoms with Gasteiger partial charge in [0.2, 0.25) is 0 Å². The van der Waals surface area contributed by atoms with E-state index in [1.165, 1.54) is 0 Å². The van der Waals surface area contributed by atoms with Gasteiger partial charge in [-0.25, -0.2) is 8.78 Å². The third kappa shape index (κ3) is 3.10. The number of aliphatic hydroxyl groups is 1. The number of likely N-dealkylation sites (tertiary alicyclic amines) is 1. The zero-order valence-corrected chi connectivity index (χ0v) is 10.6. The number of aliphatic hydroxyl groups excluding tert-OH is 1. The molecule has 0 saturated carbocycles. The molecular weight excluding hydrogens is 252 g/mol. The topological polar surface area (TPSA) is 40.5 Å². The minimum Gasteiger partial charge on any atom is -0.396 e. The molecule has 1 unspecified atom stereocenters. The fourth-order valence-corrected chi connectivity index (χ4v) is 2.53. The highest BCUT2D eigenvalue weighted by Gasteiger charge is 2.28. The quantitative estimate of drug-likeness (QED) is 0.915. The van der Waals surface area contributed by atoms with E-state index in [1.54, 1.807) is 4.90 Å². The molecule has 1 aliphatic heterocycles. The Morgan fingerprint density at radius 3 is 2.89 bits per heavy atom. The summed E-state index contributed by atoms with van der Waals surface area (Å²) in [4.78, 5) is 13.8. The average molecular weight is 269 g/mol. The summed E-state index contributed by atoms with van der Waals surface area (Å²) in [5.74, 6) is -1.82. The maximum atomic E-state index is 13.6. The van der Waals surface area contributed by atoms with Crippen molar-refractivity contribution in [1.82, 2.24) is 4.90 Å². The van der Waals surface area contributed by atoms with Gasteiger partial charge in [-0.1, -0.05) is 0 Å². The van der Waals surface area contributed by atoms with Gasteiger partial charge in [0.1, 0.15) is 11.6 Å². The van der Waals surface area contributed by atoms with Crippen LogP contribution in [0.1, 0.15) is 36.0 Å². The van der Waals surface area contributed by atoms with Crippen LogP contribution in [0.2, 0.25) is 0 Å². The first-order chi connectivity index (χ1) is 9.13. The highest BCUT2D eigenvalue weighted by molar-refractivity contribution is 5.94. The van der Waals surface area contributed by atoms with E-state index in [0.717, 1.165) is 37.5 Å². The maximum Gasteiger partial charge on any atom is 0.257 e. The Hall–Kier alpha value is -1.49. The Bertz CT molecular complexity index is 463. The smallest absolute Gasteiger partial charge is 0.257 e. The first-order valence-corrected chi connectivity index (χ1v) is 6.50. The van der Waals surface area contributed by atoms with Crippen LogP contribution in [0.25, 0.3) is 0 Å². The summed E-state index contributed by atoms with van der Waals surface area (Å²) in [7, 11) is 0. The molecule has 0 radical (unpaired) electrons. The summed E-state index contributed by atoms with van der Waals surface area (Å²) in [6, 6.07) is 2.80. The van der Waals surface area contributed by atoms with Crippen LogP contribution < -0.4 is 0 Å². The second-order valence-electron chi connectivity index (χ2n) is 4.78. The highest BCUT2D eigenvalue weighted by Crippen LogP contribution is 2.23. The van der Waals surface area contributed by atoms with Gasteiger partial charge >= 0.3 is 0 Å². The molecule has 1 N–H and O–H groups in total. The number of carbonyl (C=O) groups excluding carboxylic acids is 1. The summed E-state index contributed by atoms with van der Waals surface area (Å²) in [5, 5.41) is 9.02. The van der Waals surface area contributed by atoms with Gasteiger partial charge in [-0.05, 0) is 43.9 Å². The predicted octanol–water partition coefficient (Wildman–Crippen LogP) is 2.34. The maximum absolute atomic E-state index is 13.6. The lowest BCUT2D eigenvalue weighted by molar-refractivity contribution is 0.0569. The molecule has 1 amide bonds. The molecule has 2 rings (SSSR count).